The van der Waals surface area contributed by atoms with Gasteiger partial charge in [-0.2, -0.15) is 5.10 Å². The lowest BCUT2D eigenvalue weighted by molar-refractivity contribution is 0.0950. The van der Waals surface area contributed by atoms with Gasteiger partial charge in [0.15, 0.2) is 0 Å². The molecule has 1 amide bonds. The molecule has 1 aromatic heterocycles. The first-order chi connectivity index (χ1) is 13.0. The van der Waals surface area contributed by atoms with Gasteiger partial charge in [0.05, 0.1) is 12.2 Å². The predicted molar refractivity (Wildman–Crippen MR) is 106 cm³/mol. The van der Waals surface area contributed by atoms with Crippen molar-refractivity contribution in [1.82, 2.24) is 15.1 Å². The number of nitrogens with one attached hydrogen (secondary N) is 1. The number of carbonyl (C=O) groups excluding carboxylic acids is 1. The van der Waals surface area contributed by atoms with E-state index in [0.717, 1.165) is 17.0 Å². The molecule has 0 aliphatic carbocycles. The topological polar surface area (TPSA) is 56.1 Å². The normalized spacial score (nSPS) is 10.8. The Morgan fingerprint density at radius 2 is 1.93 bits per heavy atom. The highest BCUT2D eigenvalue weighted by Crippen LogP contribution is 2.19. The summed E-state index contributed by atoms with van der Waals surface area (Å²) in [5.41, 5.74) is 3.81. The number of ether oxygens (including phenoxy) is 1. The first kappa shape index (κ1) is 18.7. The summed E-state index contributed by atoms with van der Waals surface area (Å²) < 4.78 is 7.60. The van der Waals surface area contributed by atoms with Crippen molar-refractivity contribution in [2.75, 3.05) is 0 Å². The number of carbonyl (C=O) groups is 1. The van der Waals surface area contributed by atoms with Gasteiger partial charge in [0.25, 0.3) is 5.91 Å². The summed E-state index contributed by atoms with van der Waals surface area (Å²) >= 11 is 0. The Morgan fingerprint density at radius 1 is 1.15 bits per heavy atom. The van der Waals surface area contributed by atoms with Crippen molar-refractivity contribution in [1.29, 1.82) is 0 Å². The summed E-state index contributed by atoms with van der Waals surface area (Å²) in [4.78, 5) is 12.4. The molecule has 27 heavy (non-hydrogen) atoms. The van der Waals surface area contributed by atoms with Gasteiger partial charge in [0.2, 0.25) is 0 Å². The molecule has 0 fully saturated rings. The van der Waals surface area contributed by atoms with Crippen molar-refractivity contribution in [2.24, 2.45) is 7.05 Å². The molecule has 1 N–H and O–H groups in total. The number of aryl methyl sites for hydroxylation is 1. The minimum absolute atomic E-state index is 0.112. The van der Waals surface area contributed by atoms with Gasteiger partial charge in [-0.05, 0) is 47.4 Å². The molecule has 2 aromatic carbocycles. The molecule has 5 nitrogen and oxygen atoms in total. The average molecular weight is 363 g/mol. The number of aromatic nitrogens is 2. The van der Waals surface area contributed by atoms with Crippen LogP contribution in [-0.2, 0) is 20.2 Å². The van der Waals surface area contributed by atoms with Gasteiger partial charge in [-0.3, -0.25) is 9.48 Å². The Hall–Kier alpha value is -3.08. The maximum atomic E-state index is 12.4. The molecule has 0 aliphatic heterocycles. The fraction of sp³-hybridized carbons (Fsp3) is 0.273. The second kappa shape index (κ2) is 8.54. The molecule has 0 radical (unpaired) electrons. The molecule has 0 saturated heterocycles. The van der Waals surface area contributed by atoms with E-state index in [1.54, 1.807) is 16.9 Å². The van der Waals surface area contributed by atoms with E-state index in [9.17, 15) is 4.79 Å². The highest BCUT2D eigenvalue weighted by atomic mass is 16.5. The third-order valence-electron chi connectivity index (χ3n) is 4.49. The molecular formula is C22H25N3O2. The number of hydrogen-bond donors (Lipinski definition) is 1. The minimum atomic E-state index is -0.112. The van der Waals surface area contributed by atoms with Crippen molar-refractivity contribution in [2.45, 2.75) is 32.9 Å². The fourth-order valence-corrected chi connectivity index (χ4v) is 2.77. The van der Waals surface area contributed by atoms with Gasteiger partial charge in [0, 0.05) is 18.8 Å². The van der Waals surface area contributed by atoms with E-state index in [-0.39, 0.29) is 5.91 Å². The van der Waals surface area contributed by atoms with E-state index in [0.29, 0.717) is 24.6 Å². The summed E-state index contributed by atoms with van der Waals surface area (Å²) in [6, 6.07) is 17.5. The van der Waals surface area contributed by atoms with Crippen molar-refractivity contribution in [3.05, 3.63) is 83.2 Å². The van der Waals surface area contributed by atoms with Crippen molar-refractivity contribution in [3.8, 4) is 5.75 Å². The van der Waals surface area contributed by atoms with Gasteiger partial charge in [-0.1, -0.05) is 38.1 Å². The van der Waals surface area contributed by atoms with Crippen LogP contribution in [0.15, 0.2) is 60.8 Å². The summed E-state index contributed by atoms with van der Waals surface area (Å²) in [6.07, 6.45) is 1.72. The highest BCUT2D eigenvalue weighted by Gasteiger charge is 2.08. The quantitative estimate of drug-likeness (QED) is 0.689. The second-order valence-electron chi connectivity index (χ2n) is 6.84. The molecule has 1 heterocycles. The standard InChI is InChI=1S/C22H25N3O2/c1-16(2)18-7-9-21(10-8-18)27-15-17-5-4-6-19(13-17)22(26)23-14-20-11-12-24-25(20)3/h4-13,16H,14-15H2,1-3H3,(H,23,26). The first-order valence-electron chi connectivity index (χ1n) is 9.09. The van der Waals surface area contributed by atoms with E-state index in [4.69, 9.17) is 4.74 Å². The first-order valence-corrected chi connectivity index (χ1v) is 9.09. The average Bonchev–Trinajstić information content (AvgIpc) is 3.10. The number of rotatable bonds is 7. The van der Waals surface area contributed by atoms with Gasteiger partial charge in [0.1, 0.15) is 12.4 Å². The molecule has 5 heteroatoms. The van der Waals surface area contributed by atoms with Crippen LogP contribution in [-0.4, -0.2) is 15.7 Å². The summed E-state index contributed by atoms with van der Waals surface area (Å²) in [6.45, 7) is 5.20. The maximum Gasteiger partial charge on any atom is 0.251 e. The Kier molecular flexibility index (Phi) is 5.91. The predicted octanol–water partition coefficient (Wildman–Crippen LogP) is 4.05. The van der Waals surface area contributed by atoms with Crippen molar-refractivity contribution in [3.63, 3.8) is 0 Å². The maximum absolute atomic E-state index is 12.4. The van der Waals surface area contributed by atoms with Gasteiger partial charge in [-0.25, -0.2) is 0 Å². The molecule has 3 rings (SSSR count). The Bertz CT molecular complexity index is 898. The zero-order chi connectivity index (χ0) is 19.2. The SMILES string of the molecule is CC(C)c1ccc(OCc2cccc(C(=O)NCc3ccnn3C)c2)cc1. The van der Waals surface area contributed by atoms with E-state index < -0.39 is 0 Å². The third kappa shape index (κ3) is 4.97. The lowest BCUT2D eigenvalue weighted by atomic mass is 10.0. The Balaban J connectivity index is 1.58. The molecule has 0 bridgehead atoms. The molecule has 0 atom stereocenters. The Morgan fingerprint density at radius 3 is 2.59 bits per heavy atom. The molecule has 0 unspecified atom stereocenters. The minimum Gasteiger partial charge on any atom is -0.489 e. The number of nitrogens with zero attached hydrogens (tertiary/aromatic N) is 2. The molecular weight excluding hydrogens is 338 g/mol. The van der Waals surface area contributed by atoms with E-state index in [1.165, 1.54) is 5.56 Å². The van der Waals surface area contributed by atoms with Crippen LogP contribution in [0.1, 0.15) is 46.9 Å². The molecule has 3 aromatic rings. The lowest BCUT2D eigenvalue weighted by Crippen LogP contribution is -2.24. The van der Waals surface area contributed by atoms with Crippen LogP contribution < -0.4 is 10.1 Å². The van der Waals surface area contributed by atoms with Crippen LogP contribution in [0.5, 0.6) is 5.75 Å². The number of hydrogen-bond acceptors (Lipinski definition) is 3. The highest BCUT2D eigenvalue weighted by molar-refractivity contribution is 5.94. The molecule has 0 spiro atoms. The number of amides is 1. The molecule has 0 saturated carbocycles. The monoisotopic (exact) mass is 363 g/mol. The number of benzene rings is 2. The van der Waals surface area contributed by atoms with Crippen LogP contribution >= 0.6 is 0 Å². The van der Waals surface area contributed by atoms with E-state index >= 15 is 0 Å². The largest absolute Gasteiger partial charge is 0.489 e. The van der Waals surface area contributed by atoms with Gasteiger partial charge < -0.3 is 10.1 Å². The van der Waals surface area contributed by atoms with Crippen LogP contribution in [0.4, 0.5) is 0 Å². The molecule has 140 valence electrons. The fourth-order valence-electron chi connectivity index (χ4n) is 2.77. The smallest absolute Gasteiger partial charge is 0.251 e. The van der Waals surface area contributed by atoms with E-state index in [2.05, 4.69) is 36.4 Å². The van der Waals surface area contributed by atoms with E-state index in [1.807, 2.05) is 43.4 Å². The van der Waals surface area contributed by atoms with Crippen molar-refractivity contribution >= 4 is 5.91 Å². The summed E-state index contributed by atoms with van der Waals surface area (Å²) in [7, 11) is 1.85. The Labute approximate surface area is 160 Å². The zero-order valence-electron chi connectivity index (χ0n) is 16.0. The third-order valence-corrected chi connectivity index (χ3v) is 4.49. The van der Waals surface area contributed by atoms with Crippen molar-refractivity contribution < 1.29 is 9.53 Å². The summed E-state index contributed by atoms with van der Waals surface area (Å²) in [5, 5.41) is 7.02. The van der Waals surface area contributed by atoms with Crippen LogP contribution in [0.3, 0.4) is 0 Å². The van der Waals surface area contributed by atoms with Crippen LogP contribution in [0.25, 0.3) is 0 Å². The van der Waals surface area contributed by atoms with Gasteiger partial charge >= 0.3 is 0 Å². The lowest BCUT2D eigenvalue weighted by Gasteiger charge is -2.10. The van der Waals surface area contributed by atoms with Gasteiger partial charge in [-0.15, -0.1) is 0 Å². The second-order valence-corrected chi connectivity index (χ2v) is 6.84. The zero-order valence-corrected chi connectivity index (χ0v) is 16.0. The molecule has 0 aliphatic rings. The van der Waals surface area contributed by atoms with Crippen LogP contribution in [0, 0.1) is 0 Å². The van der Waals surface area contributed by atoms with Crippen LogP contribution in [0.2, 0.25) is 0 Å². The summed E-state index contributed by atoms with van der Waals surface area (Å²) in [5.74, 6) is 1.21.